The van der Waals surface area contributed by atoms with Crippen LogP contribution in [0.15, 0.2) is 6.33 Å². The summed E-state index contributed by atoms with van der Waals surface area (Å²) in [5.74, 6) is 2.51. The van der Waals surface area contributed by atoms with Gasteiger partial charge in [0.1, 0.15) is 5.52 Å². The maximum atomic E-state index is 11.4. The van der Waals surface area contributed by atoms with Crippen molar-refractivity contribution in [2.24, 2.45) is 0 Å². The van der Waals surface area contributed by atoms with E-state index in [2.05, 4.69) is 30.6 Å². The number of H-pyrrole nitrogens is 1. The molecule has 0 amide bonds. The second kappa shape index (κ2) is 6.46. The highest BCUT2D eigenvalue weighted by Gasteiger charge is 2.09. The van der Waals surface area contributed by atoms with E-state index in [4.69, 9.17) is 0 Å². The van der Waals surface area contributed by atoms with Gasteiger partial charge in [0.25, 0.3) is 0 Å². The van der Waals surface area contributed by atoms with Gasteiger partial charge < -0.3 is 15.6 Å². The summed E-state index contributed by atoms with van der Waals surface area (Å²) in [6, 6.07) is 0. The maximum absolute atomic E-state index is 11.4. The predicted octanol–water partition coefficient (Wildman–Crippen LogP) is 0.965. The highest BCUT2D eigenvalue weighted by molar-refractivity contribution is 7.84. The van der Waals surface area contributed by atoms with Crippen LogP contribution < -0.4 is 10.6 Å². The van der Waals surface area contributed by atoms with Crippen LogP contribution in [0, 0.1) is 0 Å². The second-order valence-electron chi connectivity index (χ2n) is 3.89. The fourth-order valence-corrected chi connectivity index (χ4v) is 2.24. The van der Waals surface area contributed by atoms with Crippen molar-refractivity contribution in [2.75, 3.05) is 35.2 Å². The number of nitrogens with one attached hydrogen (secondary N) is 3. The molecule has 3 N–H and O–H groups in total. The molecule has 0 spiro atoms. The largest absolute Gasteiger partial charge is 0.367 e. The topological polar surface area (TPSA) is 95.6 Å². The molecule has 0 saturated heterocycles. The molecule has 1 atom stereocenters. The van der Waals surface area contributed by atoms with Crippen LogP contribution in [0.5, 0.6) is 0 Å². The Morgan fingerprint density at radius 3 is 2.89 bits per heavy atom. The fraction of sp³-hybridized carbons (Fsp3) is 0.545. The summed E-state index contributed by atoms with van der Waals surface area (Å²) < 4.78 is 11.4. The molecular formula is C11H18N6OS. The highest BCUT2D eigenvalue weighted by Crippen LogP contribution is 2.18. The van der Waals surface area contributed by atoms with Gasteiger partial charge >= 0.3 is 0 Å². The van der Waals surface area contributed by atoms with Crippen molar-refractivity contribution in [1.82, 2.24) is 19.9 Å². The molecule has 2 heterocycles. The minimum atomic E-state index is -0.781. The zero-order valence-corrected chi connectivity index (χ0v) is 11.9. The van der Waals surface area contributed by atoms with Gasteiger partial charge in [0.2, 0.25) is 5.95 Å². The molecule has 0 aromatic carbocycles. The number of nitrogens with zero attached hydrogens (tertiary/aromatic N) is 3. The van der Waals surface area contributed by atoms with Crippen LogP contribution in [0.2, 0.25) is 0 Å². The molecule has 7 nitrogen and oxygen atoms in total. The summed E-state index contributed by atoms with van der Waals surface area (Å²) in [7, 11) is -0.781. The molecule has 0 aliphatic heterocycles. The SMILES string of the molecule is CCNc1nc(NCCS(=O)CC)c2[nH]cnc2n1. The Morgan fingerprint density at radius 2 is 2.16 bits per heavy atom. The first-order valence-corrected chi connectivity index (χ1v) is 7.77. The minimum Gasteiger partial charge on any atom is -0.367 e. The van der Waals surface area contributed by atoms with Gasteiger partial charge in [-0.3, -0.25) is 4.21 Å². The number of anilines is 2. The van der Waals surface area contributed by atoms with Crippen molar-refractivity contribution >= 4 is 33.7 Å². The number of aromatic nitrogens is 4. The van der Waals surface area contributed by atoms with Gasteiger partial charge in [0, 0.05) is 35.4 Å². The maximum Gasteiger partial charge on any atom is 0.226 e. The molecule has 104 valence electrons. The first kappa shape index (κ1) is 13.7. The van der Waals surface area contributed by atoms with Gasteiger partial charge in [-0.1, -0.05) is 6.92 Å². The van der Waals surface area contributed by atoms with E-state index < -0.39 is 10.8 Å². The van der Waals surface area contributed by atoms with E-state index in [0.717, 1.165) is 12.1 Å². The minimum absolute atomic E-state index is 0.543. The van der Waals surface area contributed by atoms with Crippen LogP contribution >= 0.6 is 0 Å². The van der Waals surface area contributed by atoms with E-state index in [1.807, 2.05) is 13.8 Å². The number of fused-ring (bicyclic) bond motifs is 1. The highest BCUT2D eigenvalue weighted by atomic mass is 32.2. The average molecular weight is 282 g/mol. The number of rotatable bonds is 7. The van der Waals surface area contributed by atoms with Crippen molar-refractivity contribution < 1.29 is 4.21 Å². The quantitative estimate of drug-likeness (QED) is 0.700. The first-order valence-electron chi connectivity index (χ1n) is 6.28. The van der Waals surface area contributed by atoms with Crippen molar-refractivity contribution in [3.05, 3.63) is 6.33 Å². The molecule has 0 bridgehead atoms. The van der Waals surface area contributed by atoms with Gasteiger partial charge in [0.15, 0.2) is 11.5 Å². The molecule has 2 aromatic heterocycles. The van der Waals surface area contributed by atoms with Crippen LogP contribution in [0.3, 0.4) is 0 Å². The molecule has 2 rings (SSSR count). The predicted molar refractivity (Wildman–Crippen MR) is 77.9 cm³/mol. The van der Waals surface area contributed by atoms with E-state index >= 15 is 0 Å². The Balaban J connectivity index is 2.15. The van der Waals surface area contributed by atoms with Gasteiger partial charge in [-0.15, -0.1) is 0 Å². The van der Waals surface area contributed by atoms with Gasteiger partial charge in [-0.05, 0) is 6.92 Å². The Labute approximate surface area is 114 Å². The fourth-order valence-electron chi connectivity index (χ4n) is 1.63. The van der Waals surface area contributed by atoms with Gasteiger partial charge in [-0.2, -0.15) is 9.97 Å². The Bertz CT molecular complexity index is 569. The third-order valence-corrected chi connectivity index (χ3v) is 3.87. The van der Waals surface area contributed by atoms with Crippen molar-refractivity contribution in [3.63, 3.8) is 0 Å². The van der Waals surface area contributed by atoms with E-state index in [1.165, 1.54) is 0 Å². The zero-order chi connectivity index (χ0) is 13.7. The molecule has 0 aliphatic rings. The first-order chi connectivity index (χ1) is 9.24. The summed E-state index contributed by atoms with van der Waals surface area (Å²) in [6.45, 7) is 5.25. The van der Waals surface area contributed by atoms with Crippen LogP contribution in [-0.2, 0) is 10.8 Å². The molecule has 1 unspecified atom stereocenters. The second-order valence-corrected chi connectivity index (χ2v) is 5.75. The number of hydrogen-bond acceptors (Lipinski definition) is 6. The number of imidazole rings is 1. The summed E-state index contributed by atoms with van der Waals surface area (Å²) in [5.41, 5.74) is 1.38. The van der Waals surface area contributed by atoms with Crippen LogP contribution in [0.1, 0.15) is 13.8 Å². The standard InChI is InChI=1S/C11H18N6OS/c1-3-12-11-16-9(13-5-6-19(18)4-2)8-10(17-11)15-7-14-8/h7H,3-6H2,1-2H3,(H3,12,13,14,15,16,17). The Kier molecular flexibility index (Phi) is 4.67. The third-order valence-electron chi connectivity index (χ3n) is 2.56. The zero-order valence-electron chi connectivity index (χ0n) is 11.1. The smallest absolute Gasteiger partial charge is 0.226 e. The molecular weight excluding hydrogens is 264 g/mol. The summed E-state index contributed by atoms with van der Waals surface area (Å²) >= 11 is 0. The Hall–Kier alpha value is -1.70. The summed E-state index contributed by atoms with van der Waals surface area (Å²) in [6.07, 6.45) is 1.59. The Morgan fingerprint density at radius 1 is 1.32 bits per heavy atom. The van der Waals surface area contributed by atoms with Crippen LogP contribution in [0.4, 0.5) is 11.8 Å². The summed E-state index contributed by atoms with van der Waals surface area (Å²) in [5, 5.41) is 6.25. The van der Waals surface area contributed by atoms with Crippen LogP contribution in [0.25, 0.3) is 11.2 Å². The molecule has 0 aliphatic carbocycles. The lowest BCUT2D eigenvalue weighted by atomic mass is 10.5. The molecule has 0 saturated carbocycles. The normalized spacial score (nSPS) is 12.5. The van der Waals surface area contributed by atoms with E-state index in [-0.39, 0.29) is 0 Å². The molecule has 0 radical (unpaired) electrons. The van der Waals surface area contributed by atoms with E-state index in [1.54, 1.807) is 6.33 Å². The summed E-state index contributed by atoms with van der Waals surface area (Å²) in [4.78, 5) is 15.8. The monoisotopic (exact) mass is 282 g/mol. The number of aromatic amines is 1. The van der Waals surface area contributed by atoms with Gasteiger partial charge in [-0.25, -0.2) is 4.98 Å². The van der Waals surface area contributed by atoms with Crippen molar-refractivity contribution in [2.45, 2.75) is 13.8 Å². The third kappa shape index (κ3) is 3.40. The lowest BCUT2D eigenvalue weighted by Gasteiger charge is -2.08. The lowest BCUT2D eigenvalue weighted by Crippen LogP contribution is -2.14. The van der Waals surface area contributed by atoms with Crippen molar-refractivity contribution in [1.29, 1.82) is 0 Å². The lowest BCUT2D eigenvalue weighted by molar-refractivity contribution is 0.684. The van der Waals surface area contributed by atoms with Crippen LogP contribution in [-0.4, -0.2) is 48.7 Å². The van der Waals surface area contributed by atoms with E-state index in [0.29, 0.717) is 35.5 Å². The van der Waals surface area contributed by atoms with Gasteiger partial charge in [0.05, 0.1) is 6.33 Å². The average Bonchev–Trinajstić information content (AvgIpc) is 2.87. The molecule has 19 heavy (non-hydrogen) atoms. The molecule has 2 aromatic rings. The number of hydrogen-bond donors (Lipinski definition) is 3. The van der Waals surface area contributed by atoms with Crippen molar-refractivity contribution in [3.8, 4) is 0 Å². The molecule has 0 fully saturated rings. The van der Waals surface area contributed by atoms with E-state index in [9.17, 15) is 4.21 Å². The molecule has 8 heteroatoms.